The average Bonchev–Trinajstić information content (AvgIpc) is 2.59. The SMILES string of the molecule is CCOCCOc1ccc(C(=O)Nc2ccccc2C#N)cc1. The Hall–Kier alpha value is -2.84. The molecular weight excluding hydrogens is 292 g/mol. The highest BCUT2D eigenvalue weighted by Crippen LogP contribution is 2.17. The molecule has 0 aliphatic rings. The first-order valence-electron chi connectivity index (χ1n) is 7.35. The molecule has 118 valence electrons. The monoisotopic (exact) mass is 310 g/mol. The van der Waals surface area contributed by atoms with Crippen LogP contribution in [0.15, 0.2) is 48.5 Å². The zero-order valence-electron chi connectivity index (χ0n) is 12.9. The van der Waals surface area contributed by atoms with Crippen molar-refractivity contribution in [3.63, 3.8) is 0 Å². The molecule has 0 atom stereocenters. The summed E-state index contributed by atoms with van der Waals surface area (Å²) < 4.78 is 10.7. The summed E-state index contributed by atoms with van der Waals surface area (Å²) in [6, 6.07) is 15.8. The molecule has 0 fully saturated rings. The summed E-state index contributed by atoms with van der Waals surface area (Å²) in [7, 11) is 0. The number of nitriles is 1. The van der Waals surface area contributed by atoms with Crippen LogP contribution in [0, 0.1) is 11.3 Å². The van der Waals surface area contributed by atoms with Crippen LogP contribution in [-0.4, -0.2) is 25.7 Å². The molecule has 0 aromatic heterocycles. The van der Waals surface area contributed by atoms with Crippen LogP contribution in [0.4, 0.5) is 5.69 Å². The van der Waals surface area contributed by atoms with Crippen LogP contribution in [0.2, 0.25) is 0 Å². The van der Waals surface area contributed by atoms with Gasteiger partial charge in [0.05, 0.1) is 17.9 Å². The predicted octanol–water partition coefficient (Wildman–Crippen LogP) is 3.23. The fourth-order valence-corrected chi connectivity index (χ4v) is 1.95. The predicted molar refractivity (Wildman–Crippen MR) is 87.5 cm³/mol. The van der Waals surface area contributed by atoms with Crippen LogP contribution in [0.25, 0.3) is 0 Å². The van der Waals surface area contributed by atoms with E-state index in [-0.39, 0.29) is 5.91 Å². The van der Waals surface area contributed by atoms with Crippen molar-refractivity contribution in [3.05, 3.63) is 59.7 Å². The van der Waals surface area contributed by atoms with Crippen LogP contribution in [-0.2, 0) is 4.74 Å². The van der Waals surface area contributed by atoms with Gasteiger partial charge in [-0.15, -0.1) is 0 Å². The molecule has 0 aliphatic carbocycles. The Labute approximate surface area is 135 Å². The Kier molecular flexibility index (Phi) is 6.16. The van der Waals surface area contributed by atoms with Gasteiger partial charge in [-0.25, -0.2) is 0 Å². The average molecular weight is 310 g/mol. The number of amides is 1. The molecule has 2 aromatic rings. The van der Waals surface area contributed by atoms with E-state index in [0.717, 1.165) is 0 Å². The van der Waals surface area contributed by atoms with Gasteiger partial charge in [-0.1, -0.05) is 12.1 Å². The Morgan fingerprint density at radius 3 is 2.57 bits per heavy atom. The van der Waals surface area contributed by atoms with Crippen LogP contribution >= 0.6 is 0 Å². The molecule has 0 radical (unpaired) electrons. The second-order valence-electron chi connectivity index (χ2n) is 4.68. The van der Waals surface area contributed by atoms with Gasteiger partial charge in [0.2, 0.25) is 0 Å². The lowest BCUT2D eigenvalue weighted by molar-refractivity contribution is 0.102. The molecule has 0 saturated carbocycles. The Bertz CT molecular complexity index is 690. The van der Waals surface area contributed by atoms with E-state index in [0.29, 0.717) is 42.4 Å². The molecule has 1 amide bonds. The molecule has 5 heteroatoms. The maximum Gasteiger partial charge on any atom is 0.255 e. The van der Waals surface area contributed by atoms with E-state index in [2.05, 4.69) is 5.32 Å². The van der Waals surface area contributed by atoms with Gasteiger partial charge in [-0.05, 0) is 43.3 Å². The number of benzene rings is 2. The molecule has 0 bridgehead atoms. The summed E-state index contributed by atoms with van der Waals surface area (Å²) in [5, 5.41) is 11.8. The Morgan fingerprint density at radius 2 is 1.87 bits per heavy atom. The number of rotatable bonds is 7. The van der Waals surface area contributed by atoms with Gasteiger partial charge in [0.25, 0.3) is 5.91 Å². The van der Waals surface area contributed by atoms with E-state index in [4.69, 9.17) is 14.7 Å². The molecule has 0 unspecified atom stereocenters. The molecular formula is C18H18N2O3. The smallest absolute Gasteiger partial charge is 0.255 e. The molecule has 1 N–H and O–H groups in total. The van der Waals surface area contributed by atoms with Gasteiger partial charge in [-0.2, -0.15) is 5.26 Å². The molecule has 0 spiro atoms. The second kappa shape index (κ2) is 8.57. The first kappa shape index (κ1) is 16.5. The number of hydrogen-bond donors (Lipinski definition) is 1. The molecule has 0 heterocycles. The molecule has 0 saturated heterocycles. The minimum Gasteiger partial charge on any atom is -0.491 e. The van der Waals surface area contributed by atoms with Gasteiger partial charge in [-0.3, -0.25) is 4.79 Å². The Balaban J connectivity index is 1.96. The molecule has 2 aromatic carbocycles. The molecule has 2 rings (SSSR count). The summed E-state index contributed by atoms with van der Waals surface area (Å²) in [5.74, 6) is 0.409. The van der Waals surface area contributed by atoms with Gasteiger partial charge in [0, 0.05) is 12.2 Å². The first-order valence-corrected chi connectivity index (χ1v) is 7.35. The minimum absolute atomic E-state index is 0.270. The van der Waals surface area contributed by atoms with Crippen molar-refractivity contribution in [2.24, 2.45) is 0 Å². The maximum atomic E-state index is 12.2. The van der Waals surface area contributed by atoms with E-state index < -0.39 is 0 Å². The number of nitrogens with zero attached hydrogens (tertiary/aromatic N) is 1. The molecule has 23 heavy (non-hydrogen) atoms. The van der Waals surface area contributed by atoms with Crippen molar-refractivity contribution < 1.29 is 14.3 Å². The van der Waals surface area contributed by atoms with Crippen molar-refractivity contribution in [1.82, 2.24) is 0 Å². The highest BCUT2D eigenvalue weighted by molar-refractivity contribution is 6.04. The third-order valence-corrected chi connectivity index (χ3v) is 3.11. The highest BCUT2D eigenvalue weighted by atomic mass is 16.5. The van der Waals surface area contributed by atoms with E-state index in [1.165, 1.54) is 0 Å². The minimum atomic E-state index is -0.270. The number of para-hydroxylation sites is 1. The number of anilines is 1. The number of ether oxygens (including phenoxy) is 2. The van der Waals surface area contributed by atoms with Gasteiger partial charge in [0.15, 0.2) is 0 Å². The first-order chi connectivity index (χ1) is 11.2. The van der Waals surface area contributed by atoms with Crippen molar-refractivity contribution in [3.8, 4) is 11.8 Å². The number of nitrogens with one attached hydrogen (secondary N) is 1. The van der Waals surface area contributed by atoms with Gasteiger partial charge >= 0.3 is 0 Å². The second-order valence-corrected chi connectivity index (χ2v) is 4.68. The van der Waals surface area contributed by atoms with E-state index >= 15 is 0 Å². The largest absolute Gasteiger partial charge is 0.491 e. The van der Waals surface area contributed by atoms with Crippen molar-refractivity contribution in [1.29, 1.82) is 5.26 Å². The lowest BCUT2D eigenvalue weighted by atomic mass is 10.1. The Morgan fingerprint density at radius 1 is 1.13 bits per heavy atom. The summed E-state index contributed by atoms with van der Waals surface area (Å²) in [6.07, 6.45) is 0. The van der Waals surface area contributed by atoms with Crippen molar-refractivity contribution in [2.45, 2.75) is 6.92 Å². The summed E-state index contributed by atoms with van der Waals surface area (Å²) in [6.45, 7) is 3.59. The number of carbonyl (C=O) groups excluding carboxylic acids is 1. The fourth-order valence-electron chi connectivity index (χ4n) is 1.95. The van der Waals surface area contributed by atoms with E-state index in [9.17, 15) is 4.79 Å². The van der Waals surface area contributed by atoms with E-state index in [1.807, 2.05) is 13.0 Å². The van der Waals surface area contributed by atoms with Crippen LogP contribution < -0.4 is 10.1 Å². The summed E-state index contributed by atoms with van der Waals surface area (Å²) in [5.41, 5.74) is 1.42. The lowest BCUT2D eigenvalue weighted by Gasteiger charge is -2.09. The molecule has 5 nitrogen and oxygen atoms in total. The topological polar surface area (TPSA) is 71.3 Å². The zero-order chi connectivity index (χ0) is 16.5. The number of carbonyl (C=O) groups is 1. The van der Waals surface area contributed by atoms with Gasteiger partial charge in [0.1, 0.15) is 18.4 Å². The molecule has 0 aliphatic heterocycles. The summed E-state index contributed by atoms with van der Waals surface area (Å²) >= 11 is 0. The van der Waals surface area contributed by atoms with Crippen molar-refractivity contribution in [2.75, 3.05) is 25.1 Å². The number of hydrogen-bond acceptors (Lipinski definition) is 4. The standard InChI is InChI=1S/C18H18N2O3/c1-2-22-11-12-23-16-9-7-14(8-10-16)18(21)20-17-6-4-3-5-15(17)13-19/h3-10H,2,11-12H2,1H3,(H,20,21). The normalized spacial score (nSPS) is 9.91. The van der Waals surface area contributed by atoms with Crippen LogP contribution in [0.5, 0.6) is 5.75 Å². The summed E-state index contributed by atoms with van der Waals surface area (Å²) in [4.78, 5) is 12.2. The van der Waals surface area contributed by atoms with Crippen LogP contribution in [0.1, 0.15) is 22.8 Å². The van der Waals surface area contributed by atoms with Gasteiger partial charge < -0.3 is 14.8 Å². The lowest BCUT2D eigenvalue weighted by Crippen LogP contribution is -2.13. The van der Waals surface area contributed by atoms with Crippen molar-refractivity contribution >= 4 is 11.6 Å². The fraction of sp³-hybridized carbons (Fsp3) is 0.222. The maximum absolute atomic E-state index is 12.2. The third-order valence-electron chi connectivity index (χ3n) is 3.11. The van der Waals surface area contributed by atoms with Crippen LogP contribution in [0.3, 0.4) is 0 Å². The third kappa shape index (κ3) is 4.83. The highest BCUT2D eigenvalue weighted by Gasteiger charge is 2.08. The van der Waals surface area contributed by atoms with E-state index in [1.54, 1.807) is 48.5 Å². The zero-order valence-corrected chi connectivity index (χ0v) is 12.9. The quantitative estimate of drug-likeness (QED) is 0.797.